The van der Waals surface area contributed by atoms with Gasteiger partial charge in [-0.25, -0.2) is 0 Å². The minimum absolute atomic E-state index is 0.342. The smallest absolute Gasteiger partial charge is 0.0408 e. The van der Waals surface area contributed by atoms with Crippen molar-refractivity contribution >= 4 is 11.6 Å². The van der Waals surface area contributed by atoms with E-state index in [1.165, 1.54) is 16.7 Å². The molecule has 0 aromatic heterocycles. The third-order valence-electron chi connectivity index (χ3n) is 3.45. The Hall–Kier alpha value is -1.31. The molecule has 2 rings (SSSR count). The first-order valence-corrected chi connectivity index (χ1v) is 7.61. The van der Waals surface area contributed by atoms with Gasteiger partial charge in [0.25, 0.3) is 0 Å². The van der Waals surface area contributed by atoms with Crippen LogP contribution in [0.3, 0.4) is 0 Å². The zero-order valence-electron chi connectivity index (χ0n) is 12.2. The van der Waals surface area contributed by atoms with Crippen LogP contribution in [0.1, 0.15) is 36.1 Å². The monoisotopic (exact) mass is 287 g/mol. The van der Waals surface area contributed by atoms with Crippen molar-refractivity contribution in [3.05, 3.63) is 70.2 Å². The van der Waals surface area contributed by atoms with E-state index >= 15 is 0 Å². The number of rotatable bonds is 6. The summed E-state index contributed by atoms with van der Waals surface area (Å²) in [5.74, 6) is 0. The predicted octanol–water partition coefficient (Wildman–Crippen LogP) is 4.93. The van der Waals surface area contributed by atoms with Gasteiger partial charge in [-0.1, -0.05) is 60.5 Å². The van der Waals surface area contributed by atoms with Crippen LogP contribution in [0.15, 0.2) is 48.5 Å². The molecular weight excluding hydrogens is 266 g/mol. The summed E-state index contributed by atoms with van der Waals surface area (Å²) < 4.78 is 0. The van der Waals surface area contributed by atoms with Crippen LogP contribution >= 0.6 is 11.6 Å². The van der Waals surface area contributed by atoms with E-state index in [1.807, 2.05) is 12.1 Å². The number of halogens is 1. The molecule has 0 spiro atoms. The van der Waals surface area contributed by atoms with E-state index in [0.717, 1.165) is 24.4 Å². The lowest BCUT2D eigenvalue weighted by molar-refractivity contribution is 0.529. The molecule has 0 aliphatic carbocycles. The molecule has 2 aromatic rings. The lowest BCUT2D eigenvalue weighted by Crippen LogP contribution is -2.24. The number of hydrogen-bond donors (Lipinski definition) is 1. The average molecular weight is 288 g/mol. The van der Waals surface area contributed by atoms with Gasteiger partial charge in [-0.15, -0.1) is 0 Å². The van der Waals surface area contributed by atoms with Crippen molar-refractivity contribution in [2.75, 3.05) is 6.54 Å². The summed E-state index contributed by atoms with van der Waals surface area (Å²) in [4.78, 5) is 0. The maximum atomic E-state index is 6.08. The van der Waals surface area contributed by atoms with Crippen LogP contribution in [0.5, 0.6) is 0 Å². The Morgan fingerprint density at radius 2 is 1.85 bits per heavy atom. The topological polar surface area (TPSA) is 12.0 Å². The van der Waals surface area contributed by atoms with Gasteiger partial charge in [0, 0.05) is 11.1 Å². The molecule has 0 saturated carbocycles. The van der Waals surface area contributed by atoms with Crippen LogP contribution in [0.2, 0.25) is 5.02 Å². The lowest BCUT2D eigenvalue weighted by atomic mass is 9.98. The highest BCUT2D eigenvalue weighted by Gasteiger charge is 2.11. The van der Waals surface area contributed by atoms with E-state index in [-0.39, 0.29) is 0 Å². The third-order valence-corrected chi connectivity index (χ3v) is 3.68. The second kappa shape index (κ2) is 7.47. The molecule has 0 aliphatic heterocycles. The van der Waals surface area contributed by atoms with Crippen LogP contribution < -0.4 is 5.32 Å². The number of aryl methyl sites for hydroxylation is 1. The van der Waals surface area contributed by atoms with Gasteiger partial charge in [0.05, 0.1) is 0 Å². The molecule has 1 nitrogen and oxygen atoms in total. The molecule has 0 saturated heterocycles. The van der Waals surface area contributed by atoms with Crippen molar-refractivity contribution in [3.8, 4) is 0 Å². The van der Waals surface area contributed by atoms with Gasteiger partial charge in [-0.3, -0.25) is 0 Å². The van der Waals surface area contributed by atoms with E-state index < -0.39 is 0 Å². The van der Waals surface area contributed by atoms with Crippen molar-refractivity contribution < 1.29 is 0 Å². The highest BCUT2D eigenvalue weighted by molar-refractivity contribution is 6.30. The summed E-state index contributed by atoms with van der Waals surface area (Å²) in [6.45, 7) is 5.34. The summed E-state index contributed by atoms with van der Waals surface area (Å²) in [6.07, 6.45) is 2.10. The molecule has 0 amide bonds. The quantitative estimate of drug-likeness (QED) is 0.794. The summed E-state index contributed by atoms with van der Waals surface area (Å²) in [5.41, 5.74) is 3.90. The van der Waals surface area contributed by atoms with E-state index in [9.17, 15) is 0 Å². The molecule has 2 heteroatoms. The molecule has 0 fully saturated rings. The Morgan fingerprint density at radius 1 is 1.10 bits per heavy atom. The molecular formula is C18H22ClN. The Kier molecular flexibility index (Phi) is 5.63. The molecule has 20 heavy (non-hydrogen) atoms. The standard InChI is InChI=1S/C18H22ClN/c1-3-11-20-18(16-9-7-14(2)8-10-16)13-15-5-4-6-17(19)12-15/h4-10,12,18,20H,3,11,13H2,1-2H3. The first-order chi connectivity index (χ1) is 9.69. The molecule has 1 atom stereocenters. The summed E-state index contributed by atoms with van der Waals surface area (Å²) in [5, 5.41) is 4.44. The van der Waals surface area contributed by atoms with E-state index in [1.54, 1.807) is 0 Å². The molecule has 1 unspecified atom stereocenters. The van der Waals surface area contributed by atoms with Gasteiger partial charge in [0.2, 0.25) is 0 Å². The first-order valence-electron chi connectivity index (χ1n) is 7.23. The minimum Gasteiger partial charge on any atom is -0.310 e. The van der Waals surface area contributed by atoms with Crippen molar-refractivity contribution in [2.24, 2.45) is 0 Å². The van der Waals surface area contributed by atoms with Gasteiger partial charge in [0.15, 0.2) is 0 Å². The van der Waals surface area contributed by atoms with Gasteiger partial charge in [-0.05, 0) is 49.6 Å². The van der Waals surface area contributed by atoms with Crippen LogP contribution in [-0.2, 0) is 6.42 Å². The second-order valence-electron chi connectivity index (χ2n) is 5.25. The van der Waals surface area contributed by atoms with Crippen LogP contribution in [0.25, 0.3) is 0 Å². The van der Waals surface area contributed by atoms with Gasteiger partial charge in [-0.2, -0.15) is 0 Å². The molecule has 0 radical (unpaired) electrons. The fourth-order valence-corrected chi connectivity index (χ4v) is 2.54. The third kappa shape index (κ3) is 4.36. The second-order valence-corrected chi connectivity index (χ2v) is 5.69. The molecule has 0 aliphatic rings. The minimum atomic E-state index is 0.342. The van der Waals surface area contributed by atoms with E-state index in [4.69, 9.17) is 11.6 Å². The molecule has 2 aromatic carbocycles. The Bertz CT molecular complexity index is 533. The van der Waals surface area contributed by atoms with Crippen LogP contribution in [-0.4, -0.2) is 6.54 Å². The van der Waals surface area contributed by atoms with Crippen molar-refractivity contribution in [3.63, 3.8) is 0 Å². The van der Waals surface area contributed by atoms with Crippen molar-refractivity contribution in [1.29, 1.82) is 0 Å². The highest BCUT2D eigenvalue weighted by Crippen LogP contribution is 2.21. The SMILES string of the molecule is CCCNC(Cc1cccc(Cl)c1)c1ccc(C)cc1. The van der Waals surface area contributed by atoms with Crippen molar-refractivity contribution in [2.45, 2.75) is 32.7 Å². The summed E-state index contributed by atoms with van der Waals surface area (Å²) >= 11 is 6.08. The average Bonchev–Trinajstić information content (AvgIpc) is 2.44. The van der Waals surface area contributed by atoms with Crippen LogP contribution in [0.4, 0.5) is 0 Å². The first kappa shape index (κ1) is 15.1. The highest BCUT2D eigenvalue weighted by atomic mass is 35.5. The molecule has 0 heterocycles. The van der Waals surface area contributed by atoms with Gasteiger partial charge >= 0.3 is 0 Å². The Balaban J connectivity index is 2.16. The lowest BCUT2D eigenvalue weighted by Gasteiger charge is -2.19. The molecule has 0 bridgehead atoms. The number of benzene rings is 2. The fraction of sp³-hybridized carbons (Fsp3) is 0.333. The summed E-state index contributed by atoms with van der Waals surface area (Å²) in [7, 11) is 0. The largest absolute Gasteiger partial charge is 0.310 e. The Labute approximate surface area is 127 Å². The zero-order valence-corrected chi connectivity index (χ0v) is 13.0. The summed E-state index contributed by atoms with van der Waals surface area (Å²) in [6, 6.07) is 17.3. The predicted molar refractivity (Wildman–Crippen MR) is 87.4 cm³/mol. The normalized spacial score (nSPS) is 12.3. The molecule has 106 valence electrons. The van der Waals surface area contributed by atoms with E-state index in [0.29, 0.717) is 6.04 Å². The van der Waals surface area contributed by atoms with Crippen molar-refractivity contribution in [1.82, 2.24) is 5.32 Å². The Morgan fingerprint density at radius 3 is 2.50 bits per heavy atom. The van der Waals surface area contributed by atoms with Gasteiger partial charge in [0.1, 0.15) is 0 Å². The maximum absolute atomic E-state index is 6.08. The number of hydrogen-bond acceptors (Lipinski definition) is 1. The van der Waals surface area contributed by atoms with Crippen LogP contribution in [0, 0.1) is 6.92 Å². The van der Waals surface area contributed by atoms with E-state index in [2.05, 4.69) is 55.6 Å². The molecule has 1 N–H and O–H groups in total. The number of nitrogens with one attached hydrogen (secondary N) is 1. The fourth-order valence-electron chi connectivity index (χ4n) is 2.32. The zero-order chi connectivity index (χ0) is 14.4. The maximum Gasteiger partial charge on any atom is 0.0408 e. The van der Waals surface area contributed by atoms with Gasteiger partial charge < -0.3 is 5.32 Å².